The van der Waals surface area contributed by atoms with Crippen molar-refractivity contribution in [1.29, 1.82) is 0 Å². The van der Waals surface area contributed by atoms with Crippen molar-refractivity contribution in [2.45, 2.75) is 10.6 Å². The first-order chi connectivity index (χ1) is 10.3. The van der Waals surface area contributed by atoms with Crippen molar-refractivity contribution >= 4 is 45.5 Å². The zero-order valence-electron chi connectivity index (χ0n) is 11.0. The Morgan fingerprint density at radius 3 is 2.81 bits per heavy atom. The van der Waals surface area contributed by atoms with Crippen molar-refractivity contribution in [3.8, 4) is 11.3 Å². The smallest absolute Gasteiger partial charge is 0.188 e. The Balaban J connectivity index is 1.73. The molecule has 0 spiro atoms. The molecule has 2 aromatic carbocycles. The second-order valence-electron chi connectivity index (χ2n) is 4.71. The van der Waals surface area contributed by atoms with Gasteiger partial charge in [0.2, 0.25) is 0 Å². The Kier molecular flexibility index (Phi) is 3.37. The van der Waals surface area contributed by atoms with Gasteiger partial charge >= 0.3 is 0 Å². The topological polar surface area (TPSA) is 24.9 Å². The van der Waals surface area contributed by atoms with Crippen molar-refractivity contribution in [2.24, 2.45) is 0 Å². The van der Waals surface area contributed by atoms with Crippen LogP contribution in [0.4, 0.5) is 10.8 Å². The average Bonchev–Trinajstić information content (AvgIpc) is 2.91. The van der Waals surface area contributed by atoms with Crippen molar-refractivity contribution in [1.82, 2.24) is 4.98 Å². The van der Waals surface area contributed by atoms with Crippen LogP contribution in [0.5, 0.6) is 0 Å². The number of nitrogens with zero attached hydrogens (tertiary/aromatic N) is 1. The first-order valence-electron chi connectivity index (χ1n) is 6.54. The van der Waals surface area contributed by atoms with Crippen molar-refractivity contribution in [2.75, 3.05) is 5.32 Å². The molecular weight excluding hydrogens is 320 g/mol. The number of anilines is 2. The Labute approximate surface area is 136 Å². The predicted molar refractivity (Wildman–Crippen MR) is 91.8 cm³/mol. The summed E-state index contributed by atoms with van der Waals surface area (Å²) >= 11 is 9.69. The van der Waals surface area contributed by atoms with E-state index in [-0.39, 0.29) is 0 Å². The first kappa shape index (κ1) is 13.2. The Bertz CT molecular complexity index is 799. The molecule has 0 bridgehead atoms. The predicted octanol–water partition coefficient (Wildman–Crippen LogP) is 5.81. The molecule has 0 saturated heterocycles. The summed E-state index contributed by atoms with van der Waals surface area (Å²) in [7, 11) is 0. The van der Waals surface area contributed by atoms with Gasteiger partial charge in [-0.3, -0.25) is 0 Å². The van der Waals surface area contributed by atoms with E-state index in [4.69, 9.17) is 16.6 Å². The molecule has 1 aromatic heterocycles. The first-order valence-corrected chi connectivity index (χ1v) is 8.72. The number of benzene rings is 2. The highest BCUT2D eigenvalue weighted by molar-refractivity contribution is 7.98. The molecule has 4 rings (SSSR count). The Morgan fingerprint density at radius 1 is 1.10 bits per heavy atom. The molecule has 0 atom stereocenters. The second-order valence-corrected chi connectivity index (χ2v) is 7.25. The highest BCUT2D eigenvalue weighted by Crippen LogP contribution is 2.45. The maximum Gasteiger partial charge on any atom is 0.188 e. The summed E-state index contributed by atoms with van der Waals surface area (Å²) in [6.45, 7) is 0. The molecule has 3 aromatic rings. The zero-order chi connectivity index (χ0) is 14.2. The van der Waals surface area contributed by atoms with Gasteiger partial charge in [-0.15, -0.1) is 23.1 Å². The summed E-state index contributed by atoms with van der Waals surface area (Å²) in [6, 6.07) is 16.1. The quantitative estimate of drug-likeness (QED) is 0.641. The van der Waals surface area contributed by atoms with Crippen LogP contribution in [-0.4, -0.2) is 4.98 Å². The minimum atomic E-state index is 0.757. The summed E-state index contributed by atoms with van der Waals surface area (Å²) in [5.74, 6) is 0.970. The van der Waals surface area contributed by atoms with E-state index in [1.54, 1.807) is 11.3 Å². The number of hydrogen-bond donors (Lipinski definition) is 1. The van der Waals surface area contributed by atoms with E-state index in [1.165, 1.54) is 9.77 Å². The largest absolute Gasteiger partial charge is 0.332 e. The van der Waals surface area contributed by atoms with Gasteiger partial charge in [0.25, 0.3) is 0 Å². The molecule has 104 valence electrons. The Hall–Kier alpha value is -1.49. The molecule has 21 heavy (non-hydrogen) atoms. The van der Waals surface area contributed by atoms with Crippen LogP contribution in [0.3, 0.4) is 0 Å². The van der Waals surface area contributed by atoms with Gasteiger partial charge in [0.15, 0.2) is 5.13 Å². The molecular formula is C16H11ClN2S2. The van der Waals surface area contributed by atoms with Gasteiger partial charge in [-0.05, 0) is 30.3 Å². The minimum absolute atomic E-state index is 0.757. The molecule has 0 amide bonds. The van der Waals surface area contributed by atoms with E-state index in [2.05, 4.69) is 11.4 Å². The number of rotatable bonds is 2. The summed E-state index contributed by atoms with van der Waals surface area (Å²) in [4.78, 5) is 7.32. The van der Waals surface area contributed by atoms with Crippen LogP contribution in [0.15, 0.2) is 53.4 Å². The van der Waals surface area contributed by atoms with Gasteiger partial charge in [0.05, 0.1) is 5.69 Å². The Morgan fingerprint density at radius 2 is 1.95 bits per heavy atom. The lowest BCUT2D eigenvalue weighted by molar-refractivity contribution is 1.28. The van der Waals surface area contributed by atoms with Gasteiger partial charge in [0.1, 0.15) is 0 Å². The van der Waals surface area contributed by atoms with Crippen LogP contribution in [-0.2, 0) is 5.75 Å². The van der Waals surface area contributed by atoms with Gasteiger partial charge in [0, 0.05) is 31.8 Å². The lowest BCUT2D eigenvalue weighted by atomic mass is 10.1. The number of thioether (sulfide) groups is 1. The maximum absolute atomic E-state index is 6.13. The number of thiazole rings is 1. The van der Waals surface area contributed by atoms with E-state index in [9.17, 15) is 0 Å². The van der Waals surface area contributed by atoms with Gasteiger partial charge in [-0.1, -0.05) is 29.8 Å². The summed E-state index contributed by atoms with van der Waals surface area (Å²) < 4.78 is 0. The van der Waals surface area contributed by atoms with Gasteiger partial charge in [-0.25, -0.2) is 4.98 Å². The maximum atomic E-state index is 6.13. The normalized spacial score (nSPS) is 12.6. The number of hydrogen-bond acceptors (Lipinski definition) is 4. The third-order valence-electron chi connectivity index (χ3n) is 3.28. The van der Waals surface area contributed by atoms with Gasteiger partial charge in [-0.2, -0.15) is 0 Å². The highest BCUT2D eigenvalue weighted by atomic mass is 35.5. The second kappa shape index (κ2) is 5.37. The van der Waals surface area contributed by atoms with E-state index in [0.717, 1.165) is 32.9 Å². The molecule has 5 heteroatoms. The highest BCUT2D eigenvalue weighted by Gasteiger charge is 2.21. The zero-order valence-corrected chi connectivity index (χ0v) is 13.4. The number of nitrogens with one attached hydrogen (secondary N) is 1. The van der Waals surface area contributed by atoms with Crippen LogP contribution in [0.1, 0.15) is 4.88 Å². The summed E-state index contributed by atoms with van der Waals surface area (Å²) in [6.07, 6.45) is 0. The average molecular weight is 331 g/mol. The SMILES string of the molecule is Clc1ccc2c(c1)-c1nc(Nc3ccccc3)sc1CS2. The molecule has 1 aliphatic rings. The monoisotopic (exact) mass is 330 g/mol. The third kappa shape index (κ3) is 2.55. The molecule has 0 aliphatic carbocycles. The standard InChI is InChI=1S/C16H11ClN2S2/c17-10-6-7-13-12(8-10)15-14(9-20-13)21-16(19-15)18-11-4-2-1-3-5-11/h1-8H,9H2,(H,18,19). The fraction of sp³-hybridized carbons (Fsp3) is 0.0625. The lowest BCUT2D eigenvalue weighted by Crippen LogP contribution is -1.93. The number of para-hydroxylation sites is 1. The lowest BCUT2D eigenvalue weighted by Gasteiger charge is -2.14. The van der Waals surface area contributed by atoms with E-state index < -0.39 is 0 Å². The summed E-state index contributed by atoms with van der Waals surface area (Å²) in [5, 5.41) is 5.06. The van der Waals surface area contributed by atoms with E-state index in [0.29, 0.717) is 0 Å². The molecule has 0 unspecified atom stereocenters. The molecule has 2 nitrogen and oxygen atoms in total. The fourth-order valence-corrected chi connectivity index (χ4v) is 4.59. The number of aromatic nitrogens is 1. The van der Waals surface area contributed by atoms with Crippen LogP contribution in [0, 0.1) is 0 Å². The van der Waals surface area contributed by atoms with Crippen LogP contribution in [0.2, 0.25) is 5.02 Å². The van der Waals surface area contributed by atoms with E-state index in [1.807, 2.05) is 54.2 Å². The van der Waals surface area contributed by atoms with Crippen molar-refractivity contribution in [3.63, 3.8) is 0 Å². The van der Waals surface area contributed by atoms with Crippen LogP contribution >= 0.6 is 34.7 Å². The fourth-order valence-electron chi connectivity index (χ4n) is 2.31. The van der Waals surface area contributed by atoms with Crippen LogP contribution < -0.4 is 5.32 Å². The number of fused-ring (bicyclic) bond motifs is 3. The molecule has 1 N–H and O–H groups in total. The summed E-state index contributed by atoms with van der Waals surface area (Å²) in [5.41, 5.74) is 3.27. The molecule has 0 radical (unpaired) electrons. The van der Waals surface area contributed by atoms with Crippen molar-refractivity contribution < 1.29 is 0 Å². The third-order valence-corrected chi connectivity index (χ3v) is 5.77. The van der Waals surface area contributed by atoms with Gasteiger partial charge < -0.3 is 5.32 Å². The molecule has 0 saturated carbocycles. The molecule has 2 heterocycles. The van der Waals surface area contributed by atoms with E-state index >= 15 is 0 Å². The number of halogens is 1. The molecule has 0 fully saturated rings. The van der Waals surface area contributed by atoms with Crippen molar-refractivity contribution in [3.05, 3.63) is 58.4 Å². The minimum Gasteiger partial charge on any atom is -0.332 e. The van der Waals surface area contributed by atoms with Crippen LogP contribution in [0.25, 0.3) is 11.3 Å². The molecule has 1 aliphatic heterocycles.